The summed E-state index contributed by atoms with van der Waals surface area (Å²) in [5.41, 5.74) is 1.13. The quantitative estimate of drug-likeness (QED) is 0.678. The van der Waals surface area contributed by atoms with Crippen molar-refractivity contribution in [2.24, 2.45) is 0 Å². The van der Waals surface area contributed by atoms with Gasteiger partial charge in [-0.05, 0) is 12.8 Å². The topological polar surface area (TPSA) is 41.6 Å². The molecule has 1 aromatic rings. The van der Waals surface area contributed by atoms with Crippen molar-refractivity contribution in [3.63, 3.8) is 0 Å². The first-order valence-electron chi connectivity index (χ1n) is 5.74. The summed E-state index contributed by atoms with van der Waals surface area (Å²) in [6.45, 7) is 4.47. The smallest absolute Gasteiger partial charge is 0.0855 e. The molecule has 0 radical (unpaired) electrons. The van der Waals surface area contributed by atoms with Gasteiger partial charge in [-0.1, -0.05) is 39.5 Å². The molecule has 14 heavy (non-hydrogen) atoms. The van der Waals surface area contributed by atoms with Crippen molar-refractivity contribution >= 4 is 0 Å². The standard InChI is InChI=1S/C11H21N3/c1-3-5-6-7-8-10(4-2)11-9-12-14-13-11/h9-10H,3-8H2,1-2H3,(H,12,13,14). The molecule has 1 rings (SSSR count). The van der Waals surface area contributed by atoms with Crippen LogP contribution in [0, 0.1) is 0 Å². The first kappa shape index (κ1) is 11.2. The van der Waals surface area contributed by atoms with Crippen LogP contribution in [0.25, 0.3) is 0 Å². The van der Waals surface area contributed by atoms with Gasteiger partial charge in [-0.15, -0.1) is 0 Å². The van der Waals surface area contributed by atoms with Gasteiger partial charge in [0, 0.05) is 5.92 Å². The van der Waals surface area contributed by atoms with Crippen LogP contribution in [0.1, 0.15) is 64.0 Å². The zero-order valence-corrected chi connectivity index (χ0v) is 9.29. The maximum atomic E-state index is 4.15. The number of hydrogen-bond acceptors (Lipinski definition) is 2. The fraction of sp³-hybridized carbons (Fsp3) is 0.818. The SMILES string of the molecule is CCCCCCC(CC)c1cn[nH]n1. The van der Waals surface area contributed by atoms with E-state index < -0.39 is 0 Å². The highest BCUT2D eigenvalue weighted by molar-refractivity contribution is 4.99. The van der Waals surface area contributed by atoms with Crippen LogP contribution in [0.15, 0.2) is 6.20 Å². The van der Waals surface area contributed by atoms with E-state index in [9.17, 15) is 0 Å². The van der Waals surface area contributed by atoms with Crippen molar-refractivity contribution < 1.29 is 0 Å². The Morgan fingerprint density at radius 2 is 2.14 bits per heavy atom. The van der Waals surface area contributed by atoms with E-state index in [1.54, 1.807) is 0 Å². The van der Waals surface area contributed by atoms with Crippen molar-refractivity contribution in [3.05, 3.63) is 11.9 Å². The van der Waals surface area contributed by atoms with Gasteiger partial charge in [0.05, 0.1) is 11.9 Å². The predicted molar refractivity (Wildman–Crippen MR) is 58.2 cm³/mol. The van der Waals surface area contributed by atoms with Gasteiger partial charge in [-0.25, -0.2) is 0 Å². The predicted octanol–water partition coefficient (Wildman–Crippen LogP) is 3.27. The highest BCUT2D eigenvalue weighted by Gasteiger charge is 2.11. The maximum absolute atomic E-state index is 4.15. The van der Waals surface area contributed by atoms with Gasteiger partial charge < -0.3 is 0 Å². The van der Waals surface area contributed by atoms with E-state index in [0.29, 0.717) is 5.92 Å². The summed E-state index contributed by atoms with van der Waals surface area (Å²) >= 11 is 0. The minimum absolute atomic E-state index is 0.602. The lowest BCUT2D eigenvalue weighted by atomic mass is 9.96. The number of rotatable bonds is 7. The van der Waals surface area contributed by atoms with Gasteiger partial charge in [0.2, 0.25) is 0 Å². The average Bonchev–Trinajstić information content (AvgIpc) is 2.71. The van der Waals surface area contributed by atoms with Gasteiger partial charge in [-0.2, -0.15) is 15.4 Å². The molecule has 0 aliphatic heterocycles. The molecule has 0 aliphatic rings. The molecule has 1 atom stereocenters. The molecular formula is C11H21N3. The third-order valence-electron chi connectivity index (χ3n) is 2.75. The third kappa shape index (κ3) is 3.48. The van der Waals surface area contributed by atoms with Crippen LogP contribution in [0.3, 0.4) is 0 Å². The molecule has 0 saturated carbocycles. The largest absolute Gasteiger partial charge is 0.198 e. The van der Waals surface area contributed by atoms with Gasteiger partial charge in [0.1, 0.15) is 0 Å². The zero-order chi connectivity index (χ0) is 10.2. The van der Waals surface area contributed by atoms with E-state index in [1.807, 2.05) is 6.20 Å². The van der Waals surface area contributed by atoms with Crippen LogP contribution in [-0.2, 0) is 0 Å². The second-order valence-electron chi connectivity index (χ2n) is 3.85. The van der Waals surface area contributed by atoms with Crippen LogP contribution in [0.2, 0.25) is 0 Å². The Labute approximate surface area is 86.3 Å². The number of H-pyrrole nitrogens is 1. The number of nitrogens with one attached hydrogen (secondary N) is 1. The number of unbranched alkanes of at least 4 members (excludes halogenated alkanes) is 3. The Balaban J connectivity index is 2.26. The lowest BCUT2D eigenvalue weighted by Crippen LogP contribution is -1.98. The molecule has 0 bridgehead atoms. The van der Waals surface area contributed by atoms with E-state index >= 15 is 0 Å². The minimum Gasteiger partial charge on any atom is -0.198 e. The van der Waals surface area contributed by atoms with Gasteiger partial charge in [0.15, 0.2) is 0 Å². The van der Waals surface area contributed by atoms with Crippen molar-refractivity contribution in [1.82, 2.24) is 15.4 Å². The number of aromatic amines is 1. The summed E-state index contributed by atoms with van der Waals surface area (Å²) in [6, 6.07) is 0. The summed E-state index contributed by atoms with van der Waals surface area (Å²) in [5, 5.41) is 10.7. The molecule has 1 heterocycles. The Hall–Kier alpha value is -0.860. The van der Waals surface area contributed by atoms with E-state index in [4.69, 9.17) is 0 Å². The minimum atomic E-state index is 0.602. The molecule has 1 unspecified atom stereocenters. The Morgan fingerprint density at radius 3 is 2.71 bits per heavy atom. The molecular weight excluding hydrogens is 174 g/mol. The summed E-state index contributed by atoms with van der Waals surface area (Å²) < 4.78 is 0. The average molecular weight is 195 g/mol. The Bertz CT molecular complexity index is 218. The Morgan fingerprint density at radius 1 is 1.29 bits per heavy atom. The van der Waals surface area contributed by atoms with E-state index in [-0.39, 0.29) is 0 Å². The molecule has 0 aromatic carbocycles. The highest BCUT2D eigenvalue weighted by atomic mass is 15.3. The molecule has 0 saturated heterocycles. The molecule has 0 amide bonds. The summed E-state index contributed by atoms with van der Waals surface area (Å²) in [7, 11) is 0. The van der Waals surface area contributed by atoms with Crippen LogP contribution in [0.4, 0.5) is 0 Å². The second kappa shape index (κ2) is 6.57. The number of hydrogen-bond donors (Lipinski definition) is 1. The van der Waals surface area contributed by atoms with Crippen molar-refractivity contribution in [3.8, 4) is 0 Å². The second-order valence-corrected chi connectivity index (χ2v) is 3.85. The monoisotopic (exact) mass is 195 g/mol. The maximum Gasteiger partial charge on any atom is 0.0855 e. The molecule has 0 fully saturated rings. The van der Waals surface area contributed by atoms with Gasteiger partial charge in [0.25, 0.3) is 0 Å². The molecule has 1 aromatic heterocycles. The van der Waals surface area contributed by atoms with Crippen molar-refractivity contribution in [1.29, 1.82) is 0 Å². The first-order chi connectivity index (χ1) is 6.88. The molecule has 3 heteroatoms. The van der Waals surface area contributed by atoms with Crippen LogP contribution < -0.4 is 0 Å². The summed E-state index contributed by atoms with van der Waals surface area (Å²) in [6.07, 6.45) is 9.61. The van der Waals surface area contributed by atoms with E-state index in [0.717, 1.165) is 5.69 Å². The van der Waals surface area contributed by atoms with Crippen molar-refractivity contribution in [2.75, 3.05) is 0 Å². The van der Waals surface area contributed by atoms with Crippen LogP contribution in [0.5, 0.6) is 0 Å². The fourth-order valence-corrected chi connectivity index (χ4v) is 1.79. The highest BCUT2D eigenvalue weighted by Crippen LogP contribution is 2.23. The number of nitrogens with zero attached hydrogens (tertiary/aromatic N) is 2. The molecule has 3 nitrogen and oxygen atoms in total. The van der Waals surface area contributed by atoms with Crippen LogP contribution in [-0.4, -0.2) is 15.4 Å². The molecule has 80 valence electrons. The lowest BCUT2D eigenvalue weighted by Gasteiger charge is -2.10. The number of aromatic nitrogens is 3. The van der Waals surface area contributed by atoms with E-state index in [2.05, 4.69) is 29.3 Å². The normalized spacial score (nSPS) is 13.0. The van der Waals surface area contributed by atoms with Crippen LogP contribution >= 0.6 is 0 Å². The van der Waals surface area contributed by atoms with Gasteiger partial charge in [-0.3, -0.25) is 0 Å². The Kier molecular flexibility index (Phi) is 5.27. The molecule has 0 spiro atoms. The summed E-state index contributed by atoms with van der Waals surface area (Å²) in [4.78, 5) is 0. The molecule has 1 N–H and O–H groups in total. The first-order valence-corrected chi connectivity index (χ1v) is 5.74. The lowest BCUT2D eigenvalue weighted by molar-refractivity contribution is 0.532. The zero-order valence-electron chi connectivity index (χ0n) is 9.29. The van der Waals surface area contributed by atoms with E-state index in [1.165, 1.54) is 38.5 Å². The van der Waals surface area contributed by atoms with Gasteiger partial charge >= 0.3 is 0 Å². The third-order valence-corrected chi connectivity index (χ3v) is 2.75. The molecule has 0 aliphatic carbocycles. The van der Waals surface area contributed by atoms with Crippen molar-refractivity contribution in [2.45, 2.75) is 58.3 Å². The summed E-state index contributed by atoms with van der Waals surface area (Å²) in [5.74, 6) is 0.602. The fourth-order valence-electron chi connectivity index (χ4n) is 1.79.